The molecule has 0 aromatic rings. The molecule has 1 rings (SSSR count). The van der Waals surface area contributed by atoms with Gasteiger partial charge in [0.05, 0.1) is 0 Å². The minimum absolute atomic E-state index is 0.414. The zero-order chi connectivity index (χ0) is 21.8. The Bertz CT molecular complexity index is 602. The topological polar surface area (TPSA) is 0 Å². The Hall–Kier alpha value is -0.690. The van der Waals surface area contributed by atoms with E-state index in [1.165, 1.54) is 80.9 Å². The van der Waals surface area contributed by atoms with Crippen LogP contribution in [0.3, 0.4) is 0 Å². The molecule has 3 unspecified atom stereocenters. The molecule has 0 bridgehead atoms. The van der Waals surface area contributed by atoms with Crippen molar-refractivity contribution in [2.24, 2.45) is 11.8 Å². The molecule has 3 atom stereocenters. The normalized spacial score (nSPS) is 22.1. The van der Waals surface area contributed by atoms with Crippen molar-refractivity contribution in [2.45, 2.75) is 118 Å². The highest BCUT2D eigenvalue weighted by Crippen LogP contribution is 2.36. The van der Waals surface area contributed by atoms with Crippen LogP contribution in [-0.2, 0) is 0 Å². The van der Waals surface area contributed by atoms with Crippen LogP contribution >= 0.6 is 12.6 Å². The van der Waals surface area contributed by atoms with Crippen LogP contribution in [-0.4, -0.2) is 5.25 Å². The first-order valence-corrected chi connectivity index (χ1v) is 12.6. The third-order valence-electron chi connectivity index (χ3n) is 6.80. The third kappa shape index (κ3) is 10.3. The Balaban J connectivity index is 2.25. The molecule has 1 aliphatic rings. The minimum Gasteiger partial charge on any atom is -0.171 e. The molecule has 0 nitrogen and oxygen atoms in total. The molecule has 0 amide bonds. The van der Waals surface area contributed by atoms with E-state index < -0.39 is 0 Å². The fourth-order valence-electron chi connectivity index (χ4n) is 4.37. The molecule has 166 valence electrons. The molecule has 0 radical (unpaired) electrons. The highest BCUT2D eigenvalue weighted by atomic mass is 32.1. The van der Waals surface area contributed by atoms with Crippen LogP contribution in [0.4, 0.5) is 0 Å². The van der Waals surface area contributed by atoms with Crippen LogP contribution in [0.5, 0.6) is 0 Å². The molecule has 0 heterocycles. The SMILES string of the molecule is CCCC/C=C(\C)CC/C=C(\C)CCCC(C)CCC1C(C)=CC(C)=C(C)C1S. The molecule has 0 aromatic carbocycles. The van der Waals surface area contributed by atoms with Crippen molar-refractivity contribution in [3.63, 3.8) is 0 Å². The molecule has 0 aromatic heterocycles. The number of unbranched alkanes of at least 4 members (excludes halogenated alkanes) is 2. The van der Waals surface area contributed by atoms with Gasteiger partial charge < -0.3 is 0 Å². The van der Waals surface area contributed by atoms with E-state index in [4.69, 9.17) is 12.6 Å². The van der Waals surface area contributed by atoms with Crippen molar-refractivity contribution < 1.29 is 0 Å². The smallest absolute Gasteiger partial charge is 0.0294 e. The van der Waals surface area contributed by atoms with E-state index in [1.807, 2.05) is 0 Å². The molecular weight excluding hydrogens is 368 g/mol. The highest BCUT2D eigenvalue weighted by Gasteiger charge is 2.25. The molecule has 0 fully saturated rings. The number of hydrogen-bond donors (Lipinski definition) is 1. The second kappa shape index (κ2) is 14.3. The standard InChI is InChI=1S/C28H48S/c1-8-9-10-13-21(2)14-11-15-22(3)16-12-17-23(4)18-19-27-25(6)20-24(5)26(7)28(27)29/h13,15,20,23,27-29H,8-12,14,16-19H2,1-7H3/b21-13+,22-15+. The lowest BCUT2D eigenvalue weighted by Gasteiger charge is -2.31. The summed E-state index contributed by atoms with van der Waals surface area (Å²) in [4.78, 5) is 0. The third-order valence-corrected chi connectivity index (χ3v) is 7.54. The second-order valence-corrected chi connectivity index (χ2v) is 10.2. The van der Waals surface area contributed by atoms with Gasteiger partial charge in [0.1, 0.15) is 0 Å². The molecule has 0 saturated heterocycles. The Morgan fingerprint density at radius 2 is 1.66 bits per heavy atom. The summed E-state index contributed by atoms with van der Waals surface area (Å²) in [5.41, 5.74) is 7.55. The Morgan fingerprint density at radius 1 is 1.00 bits per heavy atom. The molecule has 0 N–H and O–H groups in total. The summed E-state index contributed by atoms with van der Waals surface area (Å²) in [6.07, 6.45) is 20.1. The van der Waals surface area contributed by atoms with Crippen LogP contribution in [0.25, 0.3) is 0 Å². The quantitative estimate of drug-likeness (QED) is 0.172. The molecule has 0 spiro atoms. The first kappa shape index (κ1) is 26.3. The summed E-state index contributed by atoms with van der Waals surface area (Å²) in [5, 5.41) is 0.414. The number of hydrogen-bond acceptors (Lipinski definition) is 1. The fraction of sp³-hybridized carbons (Fsp3) is 0.714. The van der Waals surface area contributed by atoms with Gasteiger partial charge in [0, 0.05) is 5.25 Å². The summed E-state index contributed by atoms with van der Waals surface area (Å²) < 4.78 is 0. The minimum atomic E-state index is 0.414. The lowest BCUT2D eigenvalue weighted by molar-refractivity contribution is 0.414. The van der Waals surface area contributed by atoms with E-state index in [1.54, 1.807) is 11.1 Å². The van der Waals surface area contributed by atoms with Gasteiger partial charge in [0.15, 0.2) is 0 Å². The van der Waals surface area contributed by atoms with Crippen LogP contribution in [0.15, 0.2) is 46.1 Å². The van der Waals surface area contributed by atoms with Gasteiger partial charge in [-0.3, -0.25) is 0 Å². The maximum absolute atomic E-state index is 4.93. The van der Waals surface area contributed by atoms with E-state index in [0.717, 1.165) is 5.92 Å². The summed E-state index contributed by atoms with van der Waals surface area (Å²) in [5.74, 6) is 1.44. The molecular formula is C28H48S. The van der Waals surface area contributed by atoms with Gasteiger partial charge in [-0.25, -0.2) is 0 Å². The van der Waals surface area contributed by atoms with Gasteiger partial charge in [-0.1, -0.05) is 85.6 Å². The number of allylic oxidation sites excluding steroid dienone is 7. The molecule has 0 aliphatic heterocycles. The van der Waals surface area contributed by atoms with E-state index >= 15 is 0 Å². The van der Waals surface area contributed by atoms with Gasteiger partial charge >= 0.3 is 0 Å². The predicted molar refractivity (Wildman–Crippen MR) is 137 cm³/mol. The van der Waals surface area contributed by atoms with E-state index in [0.29, 0.717) is 11.2 Å². The predicted octanol–water partition coefficient (Wildman–Crippen LogP) is 9.65. The molecule has 1 heteroatoms. The first-order chi connectivity index (χ1) is 13.8. The van der Waals surface area contributed by atoms with Crippen molar-refractivity contribution in [1.82, 2.24) is 0 Å². The molecule has 0 saturated carbocycles. The Kier molecular flexibility index (Phi) is 13.0. The number of rotatable bonds is 13. The fourth-order valence-corrected chi connectivity index (χ4v) is 4.96. The van der Waals surface area contributed by atoms with E-state index in [9.17, 15) is 0 Å². The molecule has 29 heavy (non-hydrogen) atoms. The largest absolute Gasteiger partial charge is 0.171 e. The summed E-state index contributed by atoms with van der Waals surface area (Å²) in [6, 6.07) is 0. The van der Waals surface area contributed by atoms with Crippen LogP contribution in [0, 0.1) is 11.8 Å². The van der Waals surface area contributed by atoms with Gasteiger partial charge in [0.25, 0.3) is 0 Å². The molecule has 1 aliphatic carbocycles. The van der Waals surface area contributed by atoms with Crippen molar-refractivity contribution in [3.8, 4) is 0 Å². The lowest BCUT2D eigenvalue weighted by atomic mass is 9.80. The Morgan fingerprint density at radius 3 is 2.34 bits per heavy atom. The van der Waals surface area contributed by atoms with Crippen LogP contribution in [0.2, 0.25) is 0 Å². The zero-order valence-corrected chi connectivity index (χ0v) is 21.4. The zero-order valence-electron chi connectivity index (χ0n) is 20.5. The van der Waals surface area contributed by atoms with Gasteiger partial charge in [-0.15, -0.1) is 0 Å². The first-order valence-electron chi connectivity index (χ1n) is 12.1. The summed E-state index contributed by atoms with van der Waals surface area (Å²) in [6.45, 7) is 16.1. The monoisotopic (exact) mass is 416 g/mol. The van der Waals surface area contributed by atoms with Crippen LogP contribution in [0.1, 0.15) is 113 Å². The van der Waals surface area contributed by atoms with Crippen molar-refractivity contribution in [2.75, 3.05) is 0 Å². The van der Waals surface area contributed by atoms with Gasteiger partial charge in [0.2, 0.25) is 0 Å². The summed E-state index contributed by atoms with van der Waals surface area (Å²) >= 11 is 4.93. The van der Waals surface area contributed by atoms with Gasteiger partial charge in [-0.2, -0.15) is 12.6 Å². The van der Waals surface area contributed by atoms with Crippen molar-refractivity contribution in [3.05, 3.63) is 46.1 Å². The van der Waals surface area contributed by atoms with E-state index in [2.05, 4.69) is 66.7 Å². The van der Waals surface area contributed by atoms with Crippen molar-refractivity contribution >= 4 is 12.6 Å². The Labute approximate surface area is 188 Å². The maximum Gasteiger partial charge on any atom is 0.0294 e. The van der Waals surface area contributed by atoms with Crippen LogP contribution < -0.4 is 0 Å². The summed E-state index contributed by atoms with van der Waals surface area (Å²) in [7, 11) is 0. The van der Waals surface area contributed by atoms with Crippen molar-refractivity contribution in [1.29, 1.82) is 0 Å². The average Bonchev–Trinajstić information content (AvgIpc) is 2.66. The lowest BCUT2D eigenvalue weighted by Crippen LogP contribution is -2.22. The highest BCUT2D eigenvalue weighted by molar-refractivity contribution is 7.81. The van der Waals surface area contributed by atoms with E-state index in [-0.39, 0.29) is 0 Å². The second-order valence-electron chi connectivity index (χ2n) is 9.66. The average molecular weight is 417 g/mol. The van der Waals surface area contributed by atoms with Gasteiger partial charge in [-0.05, 0) is 85.0 Å². The number of thiol groups is 1. The maximum atomic E-state index is 4.93.